The highest BCUT2D eigenvalue weighted by molar-refractivity contribution is 5.81. The molecule has 0 bridgehead atoms. The van der Waals surface area contributed by atoms with E-state index in [1.54, 1.807) is 0 Å². The average Bonchev–Trinajstić information content (AvgIpc) is 2.39. The lowest BCUT2D eigenvalue weighted by Crippen LogP contribution is -2.49. The van der Waals surface area contributed by atoms with Crippen LogP contribution in [0.25, 0.3) is 0 Å². The smallest absolute Gasteiger partial charge is 0.239 e. The van der Waals surface area contributed by atoms with Crippen molar-refractivity contribution in [1.82, 2.24) is 10.2 Å². The Balaban J connectivity index is 2.30. The van der Waals surface area contributed by atoms with Gasteiger partial charge in [-0.15, -0.1) is 0 Å². The van der Waals surface area contributed by atoms with Crippen LogP contribution in [0.5, 0.6) is 0 Å². The van der Waals surface area contributed by atoms with Gasteiger partial charge >= 0.3 is 0 Å². The quantitative estimate of drug-likeness (QED) is 0.762. The number of carbonyl (C=O) groups is 1. The van der Waals surface area contributed by atoms with Crippen LogP contribution in [0.4, 0.5) is 0 Å². The summed E-state index contributed by atoms with van der Waals surface area (Å²) in [6.45, 7) is 10.1. The fourth-order valence-corrected chi connectivity index (χ4v) is 2.07. The Morgan fingerprint density at radius 3 is 2.41 bits per heavy atom. The van der Waals surface area contributed by atoms with Crippen molar-refractivity contribution in [2.75, 3.05) is 32.8 Å². The fourth-order valence-electron chi connectivity index (χ4n) is 2.07. The average molecular weight is 242 g/mol. The molecule has 1 unspecified atom stereocenters. The molecule has 1 N–H and O–H groups in total. The monoisotopic (exact) mass is 242 g/mol. The SMILES string of the molecule is CCC(CC)CNC(C)C(=O)N1CCOCC1. The summed E-state index contributed by atoms with van der Waals surface area (Å²) in [5.74, 6) is 0.884. The first kappa shape index (κ1) is 14.5. The van der Waals surface area contributed by atoms with Crippen molar-refractivity contribution in [2.24, 2.45) is 5.92 Å². The topological polar surface area (TPSA) is 41.6 Å². The van der Waals surface area contributed by atoms with Crippen LogP contribution in [0.2, 0.25) is 0 Å². The Bertz CT molecular complexity index is 223. The molecule has 1 atom stereocenters. The molecule has 0 aromatic heterocycles. The van der Waals surface area contributed by atoms with Crippen molar-refractivity contribution >= 4 is 5.91 Å². The van der Waals surface area contributed by atoms with Gasteiger partial charge in [0.25, 0.3) is 0 Å². The summed E-state index contributed by atoms with van der Waals surface area (Å²) in [6.07, 6.45) is 2.34. The minimum Gasteiger partial charge on any atom is -0.378 e. The standard InChI is InChI=1S/C13H26N2O2/c1-4-12(5-2)10-14-11(3)13(16)15-6-8-17-9-7-15/h11-12,14H,4-10H2,1-3H3. The van der Waals surface area contributed by atoms with Gasteiger partial charge in [0.2, 0.25) is 5.91 Å². The van der Waals surface area contributed by atoms with E-state index in [1.807, 2.05) is 11.8 Å². The molecule has 1 rings (SSSR count). The van der Waals surface area contributed by atoms with Crippen LogP contribution in [0.3, 0.4) is 0 Å². The zero-order chi connectivity index (χ0) is 12.7. The van der Waals surface area contributed by atoms with Crippen LogP contribution >= 0.6 is 0 Å². The van der Waals surface area contributed by atoms with Crippen LogP contribution in [0.1, 0.15) is 33.6 Å². The van der Waals surface area contributed by atoms with E-state index in [9.17, 15) is 4.79 Å². The maximum Gasteiger partial charge on any atom is 0.239 e. The fraction of sp³-hybridized carbons (Fsp3) is 0.923. The molecule has 1 amide bonds. The van der Waals surface area contributed by atoms with Crippen molar-refractivity contribution in [3.63, 3.8) is 0 Å². The zero-order valence-electron chi connectivity index (χ0n) is 11.4. The third-order valence-corrected chi connectivity index (χ3v) is 3.56. The Kier molecular flexibility index (Phi) is 6.52. The van der Waals surface area contributed by atoms with Gasteiger partial charge in [0.15, 0.2) is 0 Å². The Hall–Kier alpha value is -0.610. The third-order valence-electron chi connectivity index (χ3n) is 3.56. The number of ether oxygens (including phenoxy) is 1. The molecule has 1 saturated heterocycles. The number of hydrogen-bond donors (Lipinski definition) is 1. The predicted molar refractivity (Wildman–Crippen MR) is 68.9 cm³/mol. The molecule has 0 radical (unpaired) electrons. The molecule has 1 heterocycles. The normalized spacial score (nSPS) is 18.5. The third kappa shape index (κ3) is 4.64. The maximum atomic E-state index is 12.1. The van der Waals surface area contributed by atoms with E-state index in [-0.39, 0.29) is 11.9 Å². The van der Waals surface area contributed by atoms with Gasteiger partial charge in [0, 0.05) is 13.1 Å². The van der Waals surface area contributed by atoms with Crippen molar-refractivity contribution in [1.29, 1.82) is 0 Å². The van der Waals surface area contributed by atoms with E-state index in [2.05, 4.69) is 19.2 Å². The van der Waals surface area contributed by atoms with Crippen molar-refractivity contribution in [3.05, 3.63) is 0 Å². The number of nitrogens with zero attached hydrogens (tertiary/aromatic N) is 1. The van der Waals surface area contributed by atoms with Crippen LogP contribution in [0.15, 0.2) is 0 Å². The molecule has 0 spiro atoms. The summed E-state index contributed by atoms with van der Waals surface area (Å²) >= 11 is 0. The second-order valence-corrected chi connectivity index (χ2v) is 4.75. The Labute approximate surface area is 105 Å². The molecule has 1 aliphatic heterocycles. The summed E-state index contributed by atoms with van der Waals surface area (Å²) in [7, 11) is 0. The van der Waals surface area contributed by atoms with Crippen LogP contribution in [-0.4, -0.2) is 49.7 Å². The molecule has 17 heavy (non-hydrogen) atoms. The van der Waals surface area contributed by atoms with E-state index >= 15 is 0 Å². The van der Waals surface area contributed by atoms with E-state index in [4.69, 9.17) is 4.74 Å². The van der Waals surface area contributed by atoms with Crippen LogP contribution in [0, 0.1) is 5.92 Å². The summed E-state index contributed by atoms with van der Waals surface area (Å²) < 4.78 is 5.25. The summed E-state index contributed by atoms with van der Waals surface area (Å²) in [5, 5.41) is 3.35. The van der Waals surface area contributed by atoms with Gasteiger partial charge in [-0.25, -0.2) is 0 Å². The van der Waals surface area contributed by atoms with Crippen molar-refractivity contribution < 1.29 is 9.53 Å². The van der Waals surface area contributed by atoms with Crippen LogP contribution < -0.4 is 5.32 Å². The molecule has 0 aromatic carbocycles. The molecular formula is C13H26N2O2. The van der Waals surface area contributed by atoms with E-state index in [0.29, 0.717) is 19.1 Å². The molecular weight excluding hydrogens is 216 g/mol. The second kappa shape index (κ2) is 7.67. The highest BCUT2D eigenvalue weighted by Gasteiger charge is 2.22. The molecule has 100 valence electrons. The number of hydrogen-bond acceptors (Lipinski definition) is 3. The maximum absolute atomic E-state index is 12.1. The van der Waals surface area contributed by atoms with E-state index in [1.165, 1.54) is 12.8 Å². The van der Waals surface area contributed by atoms with Crippen LogP contribution in [-0.2, 0) is 9.53 Å². The van der Waals surface area contributed by atoms with Crippen molar-refractivity contribution in [3.8, 4) is 0 Å². The van der Waals surface area contributed by atoms with Gasteiger partial charge in [0.1, 0.15) is 0 Å². The van der Waals surface area contributed by atoms with Crippen molar-refractivity contribution in [2.45, 2.75) is 39.7 Å². The lowest BCUT2D eigenvalue weighted by molar-refractivity contribution is -0.137. The lowest BCUT2D eigenvalue weighted by Gasteiger charge is -2.30. The lowest BCUT2D eigenvalue weighted by atomic mass is 10.0. The van der Waals surface area contributed by atoms with Gasteiger partial charge < -0.3 is 15.0 Å². The van der Waals surface area contributed by atoms with Gasteiger partial charge in [-0.05, 0) is 19.4 Å². The molecule has 0 aliphatic carbocycles. The van der Waals surface area contributed by atoms with E-state index < -0.39 is 0 Å². The number of nitrogens with one attached hydrogen (secondary N) is 1. The highest BCUT2D eigenvalue weighted by Crippen LogP contribution is 2.06. The molecule has 0 aromatic rings. The Morgan fingerprint density at radius 2 is 1.88 bits per heavy atom. The van der Waals surface area contributed by atoms with Gasteiger partial charge in [-0.2, -0.15) is 0 Å². The zero-order valence-corrected chi connectivity index (χ0v) is 11.4. The van der Waals surface area contributed by atoms with E-state index in [0.717, 1.165) is 19.6 Å². The summed E-state index contributed by atoms with van der Waals surface area (Å²) in [5.41, 5.74) is 0. The molecule has 4 heteroatoms. The first-order chi connectivity index (χ1) is 8.19. The number of morpholine rings is 1. The Morgan fingerprint density at radius 1 is 1.29 bits per heavy atom. The van der Waals surface area contributed by atoms with Gasteiger partial charge in [-0.1, -0.05) is 26.7 Å². The number of rotatable bonds is 6. The van der Waals surface area contributed by atoms with Gasteiger partial charge in [-0.3, -0.25) is 4.79 Å². The highest BCUT2D eigenvalue weighted by atomic mass is 16.5. The molecule has 4 nitrogen and oxygen atoms in total. The van der Waals surface area contributed by atoms with Gasteiger partial charge in [0.05, 0.1) is 19.3 Å². The largest absolute Gasteiger partial charge is 0.378 e. The first-order valence-corrected chi connectivity index (χ1v) is 6.78. The number of carbonyl (C=O) groups excluding carboxylic acids is 1. The first-order valence-electron chi connectivity index (χ1n) is 6.78. The predicted octanol–water partition coefficient (Wildman–Crippen LogP) is 1.26. The molecule has 0 saturated carbocycles. The minimum absolute atomic E-state index is 0.0753. The second-order valence-electron chi connectivity index (χ2n) is 4.75. The summed E-state index contributed by atoms with van der Waals surface area (Å²) in [4.78, 5) is 14.0. The molecule has 1 aliphatic rings. The number of amides is 1. The minimum atomic E-state index is -0.0753. The summed E-state index contributed by atoms with van der Waals surface area (Å²) in [6, 6.07) is -0.0753. The molecule has 1 fully saturated rings.